The van der Waals surface area contributed by atoms with E-state index >= 15 is 0 Å². The number of nitrogens with one attached hydrogen (secondary N) is 2. The third kappa shape index (κ3) is 3.54. The van der Waals surface area contributed by atoms with Gasteiger partial charge in [-0.3, -0.25) is 14.3 Å². The lowest BCUT2D eigenvalue weighted by molar-refractivity contribution is 0.0952. The first-order valence-electron chi connectivity index (χ1n) is 9.87. The van der Waals surface area contributed by atoms with Gasteiger partial charge >= 0.3 is 0 Å². The molecule has 0 saturated heterocycles. The predicted octanol–water partition coefficient (Wildman–Crippen LogP) is 3.26. The molecule has 1 amide bonds. The number of carbonyl (C=O) groups is 1. The minimum absolute atomic E-state index is 0.120. The lowest BCUT2D eigenvalue weighted by Gasteiger charge is -2.12. The molecule has 0 spiro atoms. The number of rotatable bonds is 4. The number of aromatic nitrogens is 3. The number of fused-ring (bicyclic) bond motifs is 1. The van der Waals surface area contributed by atoms with Gasteiger partial charge in [-0.25, -0.2) is 0 Å². The fourth-order valence-corrected chi connectivity index (χ4v) is 4.20. The Morgan fingerprint density at radius 2 is 2.07 bits per heavy atom. The lowest BCUT2D eigenvalue weighted by Crippen LogP contribution is -2.28. The first kappa shape index (κ1) is 18.9. The van der Waals surface area contributed by atoms with Gasteiger partial charge in [-0.05, 0) is 50.5 Å². The maximum Gasteiger partial charge on any atom is 0.253 e. The normalized spacial score (nSPS) is 14.2. The molecule has 148 valence electrons. The van der Waals surface area contributed by atoms with E-state index in [1.165, 1.54) is 12.8 Å². The molecule has 1 aromatic carbocycles. The highest BCUT2D eigenvalue weighted by molar-refractivity contribution is 6.06. The molecule has 1 aliphatic carbocycles. The van der Waals surface area contributed by atoms with Crippen LogP contribution in [0.1, 0.15) is 64.5 Å². The Labute approximate surface area is 168 Å². The van der Waals surface area contributed by atoms with E-state index in [0.717, 1.165) is 35.0 Å². The molecule has 4 rings (SSSR count). The quantitative estimate of drug-likeness (QED) is 0.715. The van der Waals surface area contributed by atoms with E-state index in [-0.39, 0.29) is 18.0 Å². The SMILES string of the molecule is Cc1cc(C)c(CNC(=O)c2cc(C#N)cc3c2cnn3C2CCCC2)c(=O)[nH]1. The topological polar surface area (TPSA) is 104 Å². The van der Waals surface area contributed by atoms with Crippen molar-refractivity contribution in [3.05, 3.63) is 62.7 Å². The summed E-state index contributed by atoms with van der Waals surface area (Å²) in [5, 5.41) is 17.5. The molecule has 7 nitrogen and oxygen atoms in total. The molecule has 2 aromatic heterocycles. The highest BCUT2D eigenvalue weighted by atomic mass is 16.1. The molecule has 0 radical (unpaired) electrons. The standard InChI is InChI=1S/C22H23N5O2/c1-13-7-14(2)26-22(29)18(13)11-24-21(28)17-8-15(10-23)9-20-19(17)12-25-27(20)16-5-3-4-6-16/h7-9,12,16H,3-6,11H2,1-2H3,(H,24,28)(H,26,29). The van der Waals surface area contributed by atoms with Gasteiger partial charge in [0, 0.05) is 23.2 Å². The minimum Gasteiger partial charge on any atom is -0.348 e. The molecule has 3 aromatic rings. The fraction of sp³-hybridized carbons (Fsp3) is 0.364. The van der Waals surface area contributed by atoms with Gasteiger partial charge in [0.2, 0.25) is 0 Å². The van der Waals surface area contributed by atoms with Gasteiger partial charge in [0.1, 0.15) is 0 Å². The van der Waals surface area contributed by atoms with Crippen LogP contribution in [0.4, 0.5) is 0 Å². The summed E-state index contributed by atoms with van der Waals surface area (Å²) in [5.41, 5.74) is 3.58. The van der Waals surface area contributed by atoms with Gasteiger partial charge in [-0.1, -0.05) is 12.8 Å². The average molecular weight is 389 g/mol. The molecule has 1 aliphatic rings. The Morgan fingerprint density at radius 1 is 1.31 bits per heavy atom. The molecular formula is C22H23N5O2. The second kappa shape index (κ2) is 7.55. The maximum absolute atomic E-state index is 13.0. The number of benzene rings is 1. The summed E-state index contributed by atoms with van der Waals surface area (Å²) in [6.45, 7) is 3.79. The van der Waals surface area contributed by atoms with Crippen molar-refractivity contribution in [2.45, 2.75) is 52.1 Å². The molecule has 0 atom stereocenters. The van der Waals surface area contributed by atoms with Crippen molar-refractivity contribution in [3.8, 4) is 6.07 Å². The van der Waals surface area contributed by atoms with Gasteiger partial charge in [0.15, 0.2) is 0 Å². The fourth-order valence-electron chi connectivity index (χ4n) is 4.20. The number of aryl methyl sites for hydroxylation is 2. The molecule has 1 saturated carbocycles. The van der Waals surface area contributed by atoms with E-state index in [1.54, 1.807) is 18.3 Å². The van der Waals surface area contributed by atoms with E-state index in [4.69, 9.17) is 0 Å². The molecule has 2 N–H and O–H groups in total. The summed E-state index contributed by atoms with van der Waals surface area (Å²) in [6, 6.07) is 7.72. The Morgan fingerprint density at radius 3 is 2.76 bits per heavy atom. The number of aromatic amines is 1. The molecule has 29 heavy (non-hydrogen) atoms. The Hall–Kier alpha value is -3.40. The van der Waals surface area contributed by atoms with Crippen LogP contribution < -0.4 is 10.9 Å². The van der Waals surface area contributed by atoms with E-state index in [9.17, 15) is 14.9 Å². The van der Waals surface area contributed by atoms with E-state index in [1.807, 2.05) is 24.6 Å². The van der Waals surface area contributed by atoms with Crippen molar-refractivity contribution in [3.63, 3.8) is 0 Å². The molecule has 0 aliphatic heterocycles. The van der Waals surface area contributed by atoms with Gasteiger partial charge < -0.3 is 10.3 Å². The van der Waals surface area contributed by atoms with Gasteiger partial charge in [-0.15, -0.1) is 0 Å². The Balaban J connectivity index is 1.67. The van der Waals surface area contributed by atoms with Crippen molar-refractivity contribution in [2.75, 3.05) is 0 Å². The van der Waals surface area contributed by atoms with Crippen LogP contribution in [0.3, 0.4) is 0 Å². The summed E-state index contributed by atoms with van der Waals surface area (Å²) >= 11 is 0. The highest BCUT2D eigenvalue weighted by Gasteiger charge is 2.22. The summed E-state index contributed by atoms with van der Waals surface area (Å²) in [6.07, 6.45) is 6.16. The van der Waals surface area contributed by atoms with Crippen LogP contribution >= 0.6 is 0 Å². The zero-order valence-electron chi connectivity index (χ0n) is 16.6. The van der Waals surface area contributed by atoms with Gasteiger partial charge in [0.25, 0.3) is 11.5 Å². The smallest absolute Gasteiger partial charge is 0.253 e. The third-order valence-corrected chi connectivity index (χ3v) is 5.68. The van der Waals surface area contributed by atoms with Crippen molar-refractivity contribution in [1.29, 1.82) is 5.26 Å². The zero-order chi connectivity index (χ0) is 20.5. The molecule has 2 heterocycles. The van der Waals surface area contributed by atoms with Gasteiger partial charge in [-0.2, -0.15) is 10.4 Å². The second-order valence-electron chi connectivity index (χ2n) is 7.72. The summed E-state index contributed by atoms with van der Waals surface area (Å²) in [5.74, 6) is -0.322. The molecule has 0 unspecified atom stereocenters. The van der Waals surface area contributed by atoms with Crippen molar-refractivity contribution in [2.24, 2.45) is 0 Å². The van der Waals surface area contributed by atoms with Crippen LogP contribution in [0, 0.1) is 25.2 Å². The van der Waals surface area contributed by atoms with Crippen molar-refractivity contribution < 1.29 is 4.79 Å². The zero-order valence-corrected chi connectivity index (χ0v) is 16.6. The van der Waals surface area contributed by atoms with Crippen molar-refractivity contribution >= 4 is 16.8 Å². The average Bonchev–Trinajstić information content (AvgIpc) is 3.35. The number of nitrogens with zero attached hydrogens (tertiary/aromatic N) is 3. The van der Waals surface area contributed by atoms with Crippen LogP contribution in [0.15, 0.2) is 29.2 Å². The van der Waals surface area contributed by atoms with Crippen molar-refractivity contribution in [1.82, 2.24) is 20.1 Å². The van der Waals surface area contributed by atoms with Crippen LogP contribution in [0.25, 0.3) is 10.9 Å². The van der Waals surface area contributed by atoms with E-state index in [2.05, 4.69) is 21.5 Å². The number of nitriles is 1. The lowest BCUT2D eigenvalue weighted by atomic mass is 10.0. The predicted molar refractivity (Wildman–Crippen MR) is 110 cm³/mol. The van der Waals surface area contributed by atoms with Crippen LogP contribution in [0.5, 0.6) is 0 Å². The van der Waals surface area contributed by atoms with Gasteiger partial charge in [0.05, 0.1) is 35.0 Å². The van der Waals surface area contributed by atoms with Crippen LogP contribution in [-0.4, -0.2) is 20.7 Å². The van der Waals surface area contributed by atoms with E-state index in [0.29, 0.717) is 22.7 Å². The van der Waals surface area contributed by atoms with Crippen LogP contribution in [-0.2, 0) is 6.54 Å². The maximum atomic E-state index is 13.0. The highest BCUT2D eigenvalue weighted by Crippen LogP contribution is 2.32. The number of carbonyl (C=O) groups excluding carboxylic acids is 1. The number of amides is 1. The third-order valence-electron chi connectivity index (χ3n) is 5.68. The molecule has 7 heteroatoms. The molecular weight excluding hydrogens is 366 g/mol. The largest absolute Gasteiger partial charge is 0.348 e. The van der Waals surface area contributed by atoms with Crippen LogP contribution in [0.2, 0.25) is 0 Å². The summed E-state index contributed by atoms with van der Waals surface area (Å²) in [4.78, 5) is 27.9. The Kier molecular flexibility index (Phi) is 4.93. The van der Waals surface area contributed by atoms with E-state index < -0.39 is 0 Å². The molecule has 1 fully saturated rings. The minimum atomic E-state index is -0.322. The number of pyridine rings is 1. The number of hydrogen-bond acceptors (Lipinski definition) is 4. The number of hydrogen-bond donors (Lipinski definition) is 2. The summed E-state index contributed by atoms with van der Waals surface area (Å²) < 4.78 is 1.95. The summed E-state index contributed by atoms with van der Waals surface area (Å²) in [7, 11) is 0. The second-order valence-corrected chi connectivity index (χ2v) is 7.72. The number of H-pyrrole nitrogens is 1. The first-order valence-corrected chi connectivity index (χ1v) is 9.87. The molecule has 0 bridgehead atoms. The monoisotopic (exact) mass is 389 g/mol. The first-order chi connectivity index (χ1) is 14.0. The Bertz CT molecular complexity index is 1190.